The van der Waals surface area contributed by atoms with Crippen LogP contribution in [0.1, 0.15) is 47.5 Å². The molecule has 0 amide bonds. The third-order valence-corrected chi connectivity index (χ3v) is 3.57. The molecule has 4 nitrogen and oxygen atoms in total. The van der Waals surface area contributed by atoms with Gasteiger partial charge in [-0.25, -0.2) is 0 Å². The van der Waals surface area contributed by atoms with Gasteiger partial charge in [-0.05, 0) is 30.9 Å². The van der Waals surface area contributed by atoms with Gasteiger partial charge in [0.25, 0.3) is 0 Å². The van der Waals surface area contributed by atoms with Crippen molar-refractivity contribution in [3.05, 3.63) is 12.1 Å². The van der Waals surface area contributed by atoms with Crippen LogP contribution >= 0.6 is 0 Å². The summed E-state index contributed by atoms with van der Waals surface area (Å²) in [4.78, 5) is 4.48. The van der Waals surface area contributed by atoms with E-state index in [-0.39, 0.29) is 0 Å². The zero-order chi connectivity index (χ0) is 15.1. The first-order valence-corrected chi connectivity index (χ1v) is 7.63. The molecule has 1 heterocycles. The van der Waals surface area contributed by atoms with Crippen molar-refractivity contribution in [2.24, 2.45) is 11.8 Å². The number of rotatable bonds is 8. The number of anilines is 2. The number of nitrogens with one attached hydrogen (secondary N) is 1. The molecule has 1 unspecified atom stereocenters. The molecule has 3 N–H and O–H groups in total. The molecule has 1 rings (SSSR count). The van der Waals surface area contributed by atoms with Crippen LogP contribution in [-0.2, 0) is 0 Å². The minimum absolute atomic E-state index is 0.388. The fourth-order valence-corrected chi connectivity index (χ4v) is 2.24. The highest BCUT2D eigenvalue weighted by Crippen LogP contribution is 2.23. The fraction of sp³-hybridized carbons (Fsp3) is 0.688. The van der Waals surface area contributed by atoms with Gasteiger partial charge in [-0.3, -0.25) is 0 Å². The Morgan fingerprint density at radius 3 is 2.40 bits per heavy atom. The third kappa shape index (κ3) is 4.91. The van der Waals surface area contributed by atoms with E-state index in [1.165, 1.54) is 0 Å². The molecule has 114 valence electrons. The number of nitrogens with zero attached hydrogens (tertiary/aromatic N) is 1. The van der Waals surface area contributed by atoms with E-state index in [4.69, 9.17) is 10.5 Å². The predicted molar refractivity (Wildman–Crippen MR) is 86.1 cm³/mol. The first-order valence-electron chi connectivity index (χ1n) is 7.63. The van der Waals surface area contributed by atoms with Gasteiger partial charge in [-0.15, -0.1) is 0 Å². The maximum Gasteiger partial charge on any atom is 0.239 e. The molecule has 0 bridgehead atoms. The maximum atomic E-state index is 5.90. The van der Waals surface area contributed by atoms with Gasteiger partial charge in [0.15, 0.2) is 0 Å². The summed E-state index contributed by atoms with van der Waals surface area (Å²) in [7, 11) is 0. The summed E-state index contributed by atoms with van der Waals surface area (Å²) in [5.74, 6) is 2.46. The molecule has 0 saturated carbocycles. The second-order valence-corrected chi connectivity index (χ2v) is 5.81. The quantitative estimate of drug-likeness (QED) is 0.757. The number of hydrogen-bond donors (Lipinski definition) is 2. The Balaban J connectivity index is 2.73. The lowest BCUT2D eigenvalue weighted by Crippen LogP contribution is -2.25. The van der Waals surface area contributed by atoms with Crippen molar-refractivity contribution in [3.8, 4) is 5.88 Å². The van der Waals surface area contributed by atoms with E-state index in [9.17, 15) is 0 Å². The molecule has 0 fully saturated rings. The van der Waals surface area contributed by atoms with Crippen LogP contribution in [0.15, 0.2) is 12.1 Å². The van der Waals surface area contributed by atoms with Crippen molar-refractivity contribution in [3.63, 3.8) is 0 Å². The second kappa shape index (κ2) is 7.98. The Hall–Kier alpha value is -1.45. The van der Waals surface area contributed by atoms with E-state index < -0.39 is 0 Å². The standard InChI is InChI=1S/C16H29N3O/c1-6-13(7-2)12(5)18-15-9-8-14(17)16(19-15)20-10-11(3)4/h8-9,11-13H,6-7,10,17H2,1-5H3,(H,18,19). The Morgan fingerprint density at radius 2 is 1.85 bits per heavy atom. The molecular weight excluding hydrogens is 250 g/mol. The molecule has 0 aliphatic rings. The number of ether oxygens (including phenoxy) is 1. The zero-order valence-electron chi connectivity index (χ0n) is 13.4. The van der Waals surface area contributed by atoms with Crippen molar-refractivity contribution in [2.45, 2.75) is 53.5 Å². The summed E-state index contributed by atoms with van der Waals surface area (Å²) >= 11 is 0. The molecule has 1 atom stereocenters. The van der Waals surface area contributed by atoms with Gasteiger partial charge in [-0.1, -0.05) is 40.5 Å². The van der Waals surface area contributed by atoms with Gasteiger partial charge in [0.1, 0.15) is 5.82 Å². The lowest BCUT2D eigenvalue weighted by atomic mass is 9.95. The van der Waals surface area contributed by atoms with Crippen LogP contribution in [-0.4, -0.2) is 17.6 Å². The number of hydrogen-bond acceptors (Lipinski definition) is 4. The molecule has 0 saturated heterocycles. The Kier molecular flexibility index (Phi) is 6.62. The van der Waals surface area contributed by atoms with E-state index in [0.717, 1.165) is 18.7 Å². The van der Waals surface area contributed by atoms with Crippen LogP contribution in [0.2, 0.25) is 0 Å². The van der Waals surface area contributed by atoms with Gasteiger partial charge in [0, 0.05) is 6.04 Å². The first-order chi connectivity index (χ1) is 9.47. The summed E-state index contributed by atoms with van der Waals surface area (Å²) in [5, 5.41) is 3.45. The molecule has 1 aromatic heterocycles. The average molecular weight is 279 g/mol. The fourth-order valence-electron chi connectivity index (χ4n) is 2.24. The normalized spacial score (nSPS) is 12.8. The van der Waals surface area contributed by atoms with E-state index in [0.29, 0.717) is 36.1 Å². The van der Waals surface area contributed by atoms with Gasteiger partial charge < -0.3 is 15.8 Å². The lowest BCUT2D eigenvalue weighted by molar-refractivity contribution is 0.263. The molecule has 1 aromatic rings. The molecule has 0 aromatic carbocycles. The zero-order valence-corrected chi connectivity index (χ0v) is 13.4. The van der Waals surface area contributed by atoms with Crippen molar-refractivity contribution in [1.82, 2.24) is 4.98 Å². The minimum Gasteiger partial charge on any atom is -0.476 e. The highest BCUT2D eigenvalue weighted by Gasteiger charge is 2.14. The van der Waals surface area contributed by atoms with Crippen LogP contribution in [0.3, 0.4) is 0 Å². The lowest BCUT2D eigenvalue weighted by Gasteiger charge is -2.23. The van der Waals surface area contributed by atoms with E-state index >= 15 is 0 Å². The van der Waals surface area contributed by atoms with Crippen molar-refractivity contribution < 1.29 is 4.74 Å². The minimum atomic E-state index is 0.388. The second-order valence-electron chi connectivity index (χ2n) is 5.81. The maximum absolute atomic E-state index is 5.90. The van der Waals surface area contributed by atoms with Crippen molar-refractivity contribution in [2.75, 3.05) is 17.7 Å². The van der Waals surface area contributed by atoms with Crippen LogP contribution in [0.5, 0.6) is 5.88 Å². The number of pyridine rings is 1. The van der Waals surface area contributed by atoms with Gasteiger partial charge in [0.05, 0.1) is 12.3 Å². The highest BCUT2D eigenvalue weighted by molar-refractivity contribution is 5.53. The molecule has 0 aliphatic carbocycles. The van der Waals surface area contributed by atoms with Crippen molar-refractivity contribution >= 4 is 11.5 Å². The summed E-state index contributed by atoms with van der Waals surface area (Å²) in [6.45, 7) is 11.5. The Morgan fingerprint density at radius 1 is 1.20 bits per heavy atom. The van der Waals surface area contributed by atoms with Gasteiger partial charge in [0.2, 0.25) is 5.88 Å². The average Bonchev–Trinajstić information content (AvgIpc) is 2.40. The van der Waals surface area contributed by atoms with E-state index in [1.807, 2.05) is 12.1 Å². The van der Waals surface area contributed by atoms with E-state index in [1.54, 1.807) is 0 Å². The topological polar surface area (TPSA) is 60.2 Å². The van der Waals surface area contributed by atoms with Crippen LogP contribution in [0.4, 0.5) is 11.5 Å². The molecule has 0 radical (unpaired) electrons. The van der Waals surface area contributed by atoms with Crippen molar-refractivity contribution in [1.29, 1.82) is 0 Å². The Labute approximate surface area is 123 Å². The molecule has 0 spiro atoms. The smallest absolute Gasteiger partial charge is 0.239 e. The van der Waals surface area contributed by atoms with Gasteiger partial charge >= 0.3 is 0 Å². The first kappa shape index (κ1) is 16.6. The number of nitrogen functional groups attached to an aromatic ring is 1. The van der Waals surface area contributed by atoms with Crippen LogP contribution < -0.4 is 15.8 Å². The van der Waals surface area contributed by atoms with Crippen LogP contribution in [0.25, 0.3) is 0 Å². The van der Waals surface area contributed by atoms with Crippen LogP contribution in [0, 0.1) is 11.8 Å². The molecule has 4 heteroatoms. The number of nitrogens with two attached hydrogens (primary N) is 1. The summed E-state index contributed by atoms with van der Waals surface area (Å²) in [5.41, 5.74) is 6.49. The molecular formula is C16H29N3O. The number of aromatic nitrogens is 1. The summed E-state index contributed by atoms with van der Waals surface area (Å²) in [6.07, 6.45) is 2.33. The highest BCUT2D eigenvalue weighted by atomic mass is 16.5. The molecule has 20 heavy (non-hydrogen) atoms. The van der Waals surface area contributed by atoms with E-state index in [2.05, 4.69) is 44.9 Å². The monoisotopic (exact) mass is 279 g/mol. The largest absolute Gasteiger partial charge is 0.476 e. The Bertz CT molecular complexity index is 403. The summed E-state index contributed by atoms with van der Waals surface area (Å²) in [6, 6.07) is 4.15. The summed E-state index contributed by atoms with van der Waals surface area (Å²) < 4.78 is 5.66. The third-order valence-electron chi connectivity index (χ3n) is 3.57. The predicted octanol–water partition coefficient (Wildman–Crippen LogP) is 3.94. The van der Waals surface area contributed by atoms with Gasteiger partial charge in [-0.2, -0.15) is 4.98 Å². The molecule has 0 aliphatic heterocycles. The SMILES string of the molecule is CCC(CC)C(C)Nc1ccc(N)c(OCC(C)C)n1.